The number of carbonyl (C=O) groups excluding carboxylic acids is 2. The predicted octanol–water partition coefficient (Wildman–Crippen LogP) is -0.200. The van der Waals surface area contributed by atoms with E-state index in [4.69, 9.17) is 10.8 Å². The van der Waals surface area contributed by atoms with Crippen molar-refractivity contribution in [1.29, 1.82) is 0 Å². The van der Waals surface area contributed by atoms with Crippen molar-refractivity contribution in [3.63, 3.8) is 0 Å². The minimum Gasteiger partial charge on any atom is -0.480 e. The van der Waals surface area contributed by atoms with Gasteiger partial charge >= 0.3 is 11.9 Å². The van der Waals surface area contributed by atoms with Crippen LogP contribution in [0.3, 0.4) is 0 Å². The van der Waals surface area contributed by atoms with Crippen LogP contribution in [0.15, 0.2) is 18.3 Å². The number of nitrogens with zero attached hydrogens (tertiary/aromatic N) is 1. The molecular weight excluding hydrogens is 266 g/mol. The van der Waals surface area contributed by atoms with Gasteiger partial charge in [0.15, 0.2) is 0 Å². The monoisotopic (exact) mass is 281 g/mol. The van der Waals surface area contributed by atoms with E-state index in [2.05, 4.69) is 15.0 Å². The third-order valence-corrected chi connectivity index (χ3v) is 2.49. The van der Waals surface area contributed by atoms with E-state index in [1.165, 1.54) is 25.4 Å². The Morgan fingerprint density at radius 3 is 2.65 bits per heavy atom. The number of aliphatic carboxylic acids is 1. The summed E-state index contributed by atoms with van der Waals surface area (Å²) in [4.78, 5) is 37.6. The Bertz CT molecular complexity index is 500. The van der Waals surface area contributed by atoms with Crippen LogP contribution in [-0.4, -0.2) is 41.1 Å². The Morgan fingerprint density at radius 2 is 2.15 bits per heavy atom. The highest BCUT2D eigenvalue weighted by Crippen LogP contribution is 2.04. The number of methoxy groups -OCH3 is 1. The van der Waals surface area contributed by atoms with Crippen molar-refractivity contribution in [2.24, 2.45) is 0 Å². The number of anilines is 1. The molecule has 1 aromatic rings. The second-order valence-electron chi connectivity index (χ2n) is 3.96. The summed E-state index contributed by atoms with van der Waals surface area (Å²) >= 11 is 0. The van der Waals surface area contributed by atoms with Gasteiger partial charge in [-0.3, -0.25) is 9.59 Å². The Kier molecular flexibility index (Phi) is 5.45. The minimum atomic E-state index is -1.24. The molecule has 8 nitrogen and oxygen atoms in total. The normalized spacial score (nSPS) is 11.4. The molecule has 20 heavy (non-hydrogen) atoms. The summed E-state index contributed by atoms with van der Waals surface area (Å²) in [5.41, 5.74) is 5.87. The number of carbonyl (C=O) groups is 3. The number of pyridine rings is 1. The maximum Gasteiger partial charge on any atom is 0.326 e. The second kappa shape index (κ2) is 7.07. The van der Waals surface area contributed by atoms with Gasteiger partial charge in [0.05, 0.1) is 19.0 Å². The summed E-state index contributed by atoms with van der Waals surface area (Å²) in [6, 6.07) is 1.66. The standard InChI is InChI=1S/C12H15N3O5/c1-20-10(16)5-4-9(12(18)19)15-11(17)8-3-2-7(13)6-14-8/h2-3,6,9H,4-5,13H2,1H3,(H,15,17)(H,18,19)/t9-/m1/s1. The second-order valence-corrected chi connectivity index (χ2v) is 3.96. The Morgan fingerprint density at radius 1 is 1.45 bits per heavy atom. The molecule has 0 spiro atoms. The zero-order valence-electron chi connectivity index (χ0n) is 10.8. The number of carboxylic acids is 1. The zero-order valence-corrected chi connectivity index (χ0v) is 10.8. The molecule has 0 saturated carbocycles. The average Bonchev–Trinajstić information content (AvgIpc) is 2.43. The molecule has 0 aliphatic rings. The lowest BCUT2D eigenvalue weighted by Gasteiger charge is -2.13. The Balaban J connectivity index is 2.65. The molecule has 4 N–H and O–H groups in total. The molecule has 0 bridgehead atoms. The van der Waals surface area contributed by atoms with E-state index < -0.39 is 23.9 Å². The highest BCUT2D eigenvalue weighted by Gasteiger charge is 2.22. The van der Waals surface area contributed by atoms with E-state index in [1.54, 1.807) is 0 Å². The van der Waals surface area contributed by atoms with Gasteiger partial charge in [-0.2, -0.15) is 0 Å². The van der Waals surface area contributed by atoms with Gasteiger partial charge in [-0.05, 0) is 18.6 Å². The van der Waals surface area contributed by atoms with Crippen LogP contribution in [0.4, 0.5) is 5.69 Å². The van der Waals surface area contributed by atoms with Crippen LogP contribution in [0.5, 0.6) is 0 Å². The largest absolute Gasteiger partial charge is 0.480 e. The summed E-state index contributed by atoms with van der Waals surface area (Å²) in [6.45, 7) is 0. The molecule has 0 aromatic carbocycles. The van der Waals surface area contributed by atoms with Gasteiger partial charge in [0.2, 0.25) is 0 Å². The quantitative estimate of drug-likeness (QED) is 0.615. The van der Waals surface area contributed by atoms with Crippen molar-refractivity contribution < 1.29 is 24.2 Å². The third-order valence-electron chi connectivity index (χ3n) is 2.49. The van der Waals surface area contributed by atoms with Gasteiger partial charge in [0.1, 0.15) is 11.7 Å². The first kappa shape index (κ1) is 15.4. The number of nitrogens with two attached hydrogens (primary N) is 1. The molecule has 0 unspecified atom stereocenters. The van der Waals surface area contributed by atoms with Gasteiger partial charge in [0.25, 0.3) is 5.91 Å². The number of hydrogen-bond donors (Lipinski definition) is 3. The number of amides is 1. The van der Waals surface area contributed by atoms with E-state index in [-0.39, 0.29) is 18.5 Å². The number of rotatable bonds is 6. The average molecular weight is 281 g/mol. The molecule has 0 aliphatic heterocycles. The molecule has 1 amide bonds. The lowest BCUT2D eigenvalue weighted by molar-refractivity contribution is -0.142. The molecule has 1 heterocycles. The first-order chi connectivity index (χ1) is 9.43. The Hall–Kier alpha value is -2.64. The summed E-state index contributed by atoms with van der Waals surface area (Å²) in [6.07, 6.45) is 1.12. The van der Waals surface area contributed by atoms with E-state index in [9.17, 15) is 14.4 Å². The van der Waals surface area contributed by atoms with Gasteiger partial charge in [-0.25, -0.2) is 9.78 Å². The van der Waals surface area contributed by atoms with Gasteiger partial charge in [-0.1, -0.05) is 0 Å². The number of esters is 1. The van der Waals surface area contributed by atoms with Crippen LogP contribution in [-0.2, 0) is 14.3 Å². The summed E-state index contributed by atoms with van der Waals surface area (Å²) in [5.74, 6) is -2.43. The van der Waals surface area contributed by atoms with Crippen LogP contribution >= 0.6 is 0 Å². The van der Waals surface area contributed by atoms with Crippen molar-refractivity contribution in [3.05, 3.63) is 24.0 Å². The molecule has 0 fully saturated rings. The van der Waals surface area contributed by atoms with E-state index in [0.29, 0.717) is 5.69 Å². The number of nitrogens with one attached hydrogen (secondary N) is 1. The van der Waals surface area contributed by atoms with Crippen molar-refractivity contribution in [2.75, 3.05) is 12.8 Å². The van der Waals surface area contributed by atoms with Crippen molar-refractivity contribution in [2.45, 2.75) is 18.9 Å². The van der Waals surface area contributed by atoms with Crippen LogP contribution in [0, 0.1) is 0 Å². The number of carboxylic acid groups (broad SMARTS) is 1. The number of nitrogen functional groups attached to an aromatic ring is 1. The van der Waals surface area contributed by atoms with E-state index in [1.807, 2.05) is 0 Å². The molecule has 108 valence electrons. The van der Waals surface area contributed by atoms with E-state index >= 15 is 0 Å². The van der Waals surface area contributed by atoms with Crippen molar-refractivity contribution >= 4 is 23.5 Å². The number of ether oxygens (including phenoxy) is 1. The summed E-state index contributed by atoms with van der Waals surface area (Å²) in [7, 11) is 1.20. The van der Waals surface area contributed by atoms with Crippen LogP contribution in [0.2, 0.25) is 0 Å². The summed E-state index contributed by atoms with van der Waals surface area (Å²) in [5, 5.41) is 11.3. The molecule has 1 aromatic heterocycles. The minimum absolute atomic E-state index is 0.0449. The van der Waals surface area contributed by atoms with Gasteiger partial charge in [0, 0.05) is 6.42 Å². The zero-order chi connectivity index (χ0) is 15.1. The predicted molar refractivity (Wildman–Crippen MR) is 68.8 cm³/mol. The molecule has 0 saturated heterocycles. The van der Waals surface area contributed by atoms with Crippen LogP contribution < -0.4 is 11.1 Å². The highest BCUT2D eigenvalue weighted by molar-refractivity contribution is 5.95. The number of aromatic nitrogens is 1. The molecule has 0 radical (unpaired) electrons. The Labute approximate surface area is 114 Å². The summed E-state index contributed by atoms with van der Waals surface area (Å²) < 4.78 is 4.41. The lowest BCUT2D eigenvalue weighted by Crippen LogP contribution is -2.41. The maximum atomic E-state index is 11.8. The molecule has 1 atom stereocenters. The van der Waals surface area contributed by atoms with Crippen molar-refractivity contribution in [1.82, 2.24) is 10.3 Å². The molecular formula is C12H15N3O5. The fourth-order valence-corrected chi connectivity index (χ4v) is 1.39. The SMILES string of the molecule is COC(=O)CC[C@@H](NC(=O)c1ccc(N)cn1)C(=O)O. The number of hydrogen-bond acceptors (Lipinski definition) is 6. The fraction of sp³-hybridized carbons (Fsp3) is 0.333. The highest BCUT2D eigenvalue weighted by atomic mass is 16.5. The first-order valence-corrected chi connectivity index (χ1v) is 5.76. The molecule has 1 rings (SSSR count). The van der Waals surface area contributed by atoms with E-state index in [0.717, 1.165) is 0 Å². The molecule has 0 aliphatic carbocycles. The van der Waals surface area contributed by atoms with Crippen LogP contribution in [0.25, 0.3) is 0 Å². The first-order valence-electron chi connectivity index (χ1n) is 5.76. The third kappa shape index (κ3) is 4.56. The smallest absolute Gasteiger partial charge is 0.326 e. The van der Waals surface area contributed by atoms with Crippen LogP contribution in [0.1, 0.15) is 23.3 Å². The maximum absolute atomic E-state index is 11.8. The van der Waals surface area contributed by atoms with Gasteiger partial charge < -0.3 is 20.9 Å². The van der Waals surface area contributed by atoms with Crippen molar-refractivity contribution in [3.8, 4) is 0 Å². The molecule has 8 heteroatoms. The topological polar surface area (TPSA) is 132 Å². The lowest BCUT2D eigenvalue weighted by atomic mass is 10.1. The fourth-order valence-electron chi connectivity index (χ4n) is 1.39. The van der Waals surface area contributed by atoms with Gasteiger partial charge in [-0.15, -0.1) is 0 Å².